The minimum Gasteiger partial charge on any atom is -0.379 e. The lowest BCUT2D eigenvalue weighted by molar-refractivity contribution is -0.131. The van der Waals surface area contributed by atoms with Gasteiger partial charge in [0, 0.05) is 91.2 Å². The maximum Gasteiger partial charge on any atom is 0.272 e. The minimum absolute atomic E-state index is 0.0747. The summed E-state index contributed by atoms with van der Waals surface area (Å²) < 4.78 is 73.3. The number of halogens is 4. The highest BCUT2D eigenvalue weighted by Crippen LogP contribution is 2.26. The number of rotatable bonds is 36. The van der Waals surface area contributed by atoms with Crippen molar-refractivity contribution in [1.29, 1.82) is 0 Å². The first-order valence-electron chi connectivity index (χ1n) is 35.4. The molecule has 0 radical (unpaired) electrons. The van der Waals surface area contributed by atoms with E-state index in [1.165, 1.54) is 77.0 Å². The van der Waals surface area contributed by atoms with Gasteiger partial charge < -0.3 is 28.4 Å². The van der Waals surface area contributed by atoms with Crippen molar-refractivity contribution >= 4 is 0 Å². The molecule has 0 amide bonds. The molecule has 0 aromatic carbocycles. The van der Waals surface area contributed by atoms with Gasteiger partial charge in [-0.1, -0.05) is 188 Å². The highest BCUT2D eigenvalue weighted by Gasteiger charge is 2.43. The molecule has 0 N–H and O–H groups in total. The molecule has 3 aliphatic rings. The largest absolute Gasteiger partial charge is 0.379 e. The number of alkyl halides is 4. The summed E-state index contributed by atoms with van der Waals surface area (Å²) in [5.41, 5.74) is 0. The second-order valence-electron chi connectivity index (χ2n) is 29.4. The van der Waals surface area contributed by atoms with Crippen molar-refractivity contribution < 1.29 is 36.5 Å². The molecule has 13 heteroatoms. The quantitative estimate of drug-likeness (QED) is 0.0486. The van der Waals surface area contributed by atoms with Gasteiger partial charge in [-0.15, -0.1) is 0 Å². The van der Waals surface area contributed by atoms with Crippen molar-refractivity contribution in [3.8, 4) is 0 Å². The number of aromatic nitrogens is 2. The van der Waals surface area contributed by atoms with Crippen molar-refractivity contribution in [2.24, 2.45) is 47.3 Å². The van der Waals surface area contributed by atoms with Crippen molar-refractivity contribution in [2.45, 2.75) is 325 Å². The summed E-state index contributed by atoms with van der Waals surface area (Å²) >= 11 is 0. The number of imidazole rings is 1. The molecule has 0 unspecified atom stereocenters. The van der Waals surface area contributed by atoms with Crippen molar-refractivity contribution in [3.05, 3.63) is 18.7 Å². The van der Waals surface area contributed by atoms with E-state index in [1.807, 2.05) is 54.1 Å². The Balaban J connectivity index is -0.000000449. The van der Waals surface area contributed by atoms with Crippen LogP contribution in [0.25, 0.3) is 0 Å². The Hall–Kier alpha value is -1.35. The first-order chi connectivity index (χ1) is 40.1. The fraction of sp³-hybridized carbons (Fsp3) is 0.959. The highest BCUT2D eigenvalue weighted by molar-refractivity contribution is 4.86. The van der Waals surface area contributed by atoms with Crippen LogP contribution in [0.1, 0.15) is 275 Å². The van der Waals surface area contributed by atoms with Gasteiger partial charge in [0.15, 0.2) is 0 Å². The van der Waals surface area contributed by atoms with Crippen LogP contribution >= 0.6 is 0 Å². The molecular formula is C73H151F4N5O4. The molecule has 86 heavy (non-hydrogen) atoms. The van der Waals surface area contributed by atoms with E-state index >= 15 is 0 Å². The first kappa shape index (κ1) is 91.1. The number of ether oxygens (including phenoxy) is 4. The molecule has 1 aromatic heterocycles. The lowest BCUT2D eigenvalue weighted by Gasteiger charge is -2.38. The fourth-order valence-electron chi connectivity index (χ4n) is 8.99. The molecule has 1 atom stereocenters. The predicted molar refractivity (Wildman–Crippen MR) is 368 cm³/mol. The maximum atomic E-state index is 12.7. The summed E-state index contributed by atoms with van der Waals surface area (Å²) in [6.45, 7) is 62.3. The SMILES string of the molecule is CC(C)CCCC(C)C.CC(C)CCCC(C)C.CC(C)CCCC(C)C.CC(C)CCCC(C)C.CC(C)OCCCN1CC(F)(F)C1.CC(C)OCCCN1CC(F)C1.CC(C)OCCCN1CC[C@@H](F)C1.CC(C)OCCCn1ccnc1. The Kier molecular flexibility index (Phi) is 63.5. The van der Waals surface area contributed by atoms with Gasteiger partial charge in [-0.3, -0.25) is 9.80 Å². The molecule has 9 nitrogen and oxygen atoms in total. The van der Waals surface area contributed by atoms with Gasteiger partial charge in [-0.2, -0.15) is 0 Å². The average Bonchev–Trinajstić information content (AvgIpc) is 2.07. The van der Waals surface area contributed by atoms with Crippen LogP contribution in [0.15, 0.2) is 18.7 Å². The van der Waals surface area contributed by atoms with Gasteiger partial charge in [0.2, 0.25) is 0 Å². The standard InChI is InChI=1S/C10H20FNO.C9H17F2NO.C9H18FNO.C9H16N2O.4C9H20/c1-9(2)13-7-3-5-12-6-4-10(11)8-12;1-8(2)13-5-3-4-12-6-9(10,11)7-12;1-8(2)12-5-3-4-11-6-9(10)7-11;1-9(2)12-7-3-5-11-6-4-10-8-11;4*1-8(2)6-5-7-9(3)4/h9-10H,3-8H2,1-2H3;8H,3-7H2,1-2H3;8-9H,3-7H2,1-2H3;4,6,8-9H,3,5,7H2,1-2H3;4*8-9H,5-7H2,1-4H3/t10-;;;;;;;/m1......./s1. The van der Waals surface area contributed by atoms with Crippen molar-refractivity contribution in [3.63, 3.8) is 0 Å². The Morgan fingerprint density at radius 1 is 0.384 bits per heavy atom. The Labute approximate surface area is 534 Å². The molecule has 520 valence electrons. The second-order valence-corrected chi connectivity index (χ2v) is 29.4. The van der Waals surface area contributed by atoms with Crippen LogP contribution in [-0.2, 0) is 25.5 Å². The van der Waals surface area contributed by atoms with Crippen LogP contribution in [0.2, 0.25) is 0 Å². The topological polar surface area (TPSA) is 64.5 Å². The molecule has 0 spiro atoms. The molecule has 3 aliphatic heterocycles. The number of hydrogen-bond acceptors (Lipinski definition) is 8. The van der Waals surface area contributed by atoms with Gasteiger partial charge in [0.25, 0.3) is 5.92 Å². The van der Waals surface area contributed by atoms with Crippen molar-refractivity contribution in [2.75, 3.05) is 85.3 Å². The summed E-state index contributed by atoms with van der Waals surface area (Å²) in [5.74, 6) is 4.71. The zero-order valence-electron chi connectivity index (χ0n) is 61.6. The third-order valence-corrected chi connectivity index (χ3v) is 14.1. The smallest absolute Gasteiger partial charge is 0.272 e. The number of hydrogen-bond donors (Lipinski definition) is 0. The molecule has 0 saturated carbocycles. The third-order valence-electron chi connectivity index (χ3n) is 14.1. The van der Waals surface area contributed by atoms with E-state index in [0.717, 1.165) is 126 Å². The molecule has 4 heterocycles. The van der Waals surface area contributed by atoms with Crippen LogP contribution in [0.5, 0.6) is 0 Å². The van der Waals surface area contributed by atoms with Crippen LogP contribution in [0.4, 0.5) is 17.6 Å². The molecule has 0 aliphatic carbocycles. The zero-order valence-corrected chi connectivity index (χ0v) is 61.6. The zero-order chi connectivity index (χ0) is 66.5. The minimum atomic E-state index is -2.43. The Morgan fingerprint density at radius 2 is 0.663 bits per heavy atom. The number of aryl methyl sites for hydroxylation is 1. The Bertz CT molecular complexity index is 1360. The van der Waals surface area contributed by atoms with Crippen LogP contribution in [0, 0.1) is 47.3 Å². The van der Waals surface area contributed by atoms with Crippen LogP contribution in [0.3, 0.4) is 0 Å². The summed E-state index contributed by atoms with van der Waals surface area (Å²) in [4.78, 5) is 10.0. The van der Waals surface area contributed by atoms with Crippen LogP contribution < -0.4 is 0 Å². The van der Waals surface area contributed by atoms with Gasteiger partial charge in [-0.05, 0) is 135 Å². The summed E-state index contributed by atoms with van der Waals surface area (Å²) in [6, 6.07) is 0. The van der Waals surface area contributed by atoms with E-state index in [-0.39, 0.29) is 19.2 Å². The first-order valence-corrected chi connectivity index (χ1v) is 35.4. The van der Waals surface area contributed by atoms with Gasteiger partial charge in [-0.25, -0.2) is 22.5 Å². The van der Waals surface area contributed by atoms with E-state index in [0.29, 0.717) is 51.0 Å². The molecule has 3 fully saturated rings. The number of likely N-dealkylation sites (tertiary alicyclic amines) is 3. The van der Waals surface area contributed by atoms with E-state index in [2.05, 4.69) is 144 Å². The summed E-state index contributed by atoms with van der Waals surface area (Å²) in [6.07, 6.45) is 27.1. The van der Waals surface area contributed by atoms with Gasteiger partial charge >= 0.3 is 0 Å². The van der Waals surface area contributed by atoms with E-state index in [4.69, 9.17) is 18.9 Å². The maximum absolute atomic E-state index is 12.7. The molecular weight excluding hydrogens is 1090 g/mol. The van der Waals surface area contributed by atoms with E-state index < -0.39 is 18.3 Å². The van der Waals surface area contributed by atoms with Gasteiger partial charge in [0.05, 0.1) is 43.8 Å². The second kappa shape index (κ2) is 59.9. The molecule has 4 rings (SSSR count). The molecule has 3 saturated heterocycles. The fourth-order valence-corrected chi connectivity index (χ4v) is 8.99. The summed E-state index contributed by atoms with van der Waals surface area (Å²) in [5, 5.41) is 0. The van der Waals surface area contributed by atoms with E-state index in [9.17, 15) is 17.6 Å². The van der Waals surface area contributed by atoms with Gasteiger partial charge in [0.1, 0.15) is 12.3 Å². The van der Waals surface area contributed by atoms with Crippen LogP contribution in [-0.4, -0.2) is 152 Å². The number of nitrogens with zero attached hydrogens (tertiary/aromatic N) is 5. The third kappa shape index (κ3) is 76.9. The Morgan fingerprint density at radius 3 is 0.895 bits per heavy atom. The predicted octanol–water partition coefficient (Wildman–Crippen LogP) is 20.6. The summed E-state index contributed by atoms with van der Waals surface area (Å²) in [7, 11) is 0. The average molecular weight is 1240 g/mol. The molecule has 1 aromatic rings. The highest BCUT2D eigenvalue weighted by atomic mass is 19.3. The monoisotopic (exact) mass is 1240 g/mol. The lowest BCUT2D eigenvalue weighted by atomic mass is 10.0. The molecule has 0 bridgehead atoms. The van der Waals surface area contributed by atoms with E-state index in [1.54, 1.807) is 11.1 Å². The lowest BCUT2D eigenvalue weighted by Crippen LogP contribution is -2.56. The van der Waals surface area contributed by atoms with Crippen molar-refractivity contribution in [1.82, 2.24) is 24.3 Å². The normalized spacial score (nSPS) is 16.1.